The van der Waals surface area contributed by atoms with Crippen LogP contribution in [0.4, 0.5) is 0 Å². The summed E-state index contributed by atoms with van der Waals surface area (Å²) >= 11 is 1.84. The smallest absolute Gasteiger partial charge is 0.191 e. The van der Waals surface area contributed by atoms with E-state index in [0.29, 0.717) is 12.5 Å². The maximum Gasteiger partial charge on any atom is 0.191 e. The highest BCUT2D eigenvalue weighted by Gasteiger charge is 2.20. The molecule has 1 aromatic heterocycles. The Morgan fingerprint density at radius 2 is 2.48 bits per heavy atom. The molecule has 0 radical (unpaired) electrons. The summed E-state index contributed by atoms with van der Waals surface area (Å²) in [7, 11) is 1.77. The van der Waals surface area contributed by atoms with Crippen molar-refractivity contribution in [1.82, 2.24) is 15.5 Å². The highest BCUT2D eigenvalue weighted by molar-refractivity contribution is 7.09. The Hall–Kier alpha value is -1.51. The van der Waals surface area contributed by atoms with Gasteiger partial charge in [0.1, 0.15) is 0 Å². The second kappa shape index (κ2) is 8.71. The van der Waals surface area contributed by atoms with E-state index in [1.165, 1.54) is 24.3 Å². The molecule has 5 heteroatoms. The molecule has 1 atom stereocenters. The lowest BCUT2D eigenvalue weighted by molar-refractivity contribution is 0.169. The molecule has 4 nitrogen and oxygen atoms in total. The molecule has 1 aliphatic rings. The van der Waals surface area contributed by atoms with Gasteiger partial charge in [0.25, 0.3) is 0 Å². The van der Waals surface area contributed by atoms with Gasteiger partial charge in [-0.1, -0.05) is 12.0 Å². The summed E-state index contributed by atoms with van der Waals surface area (Å²) in [5.41, 5.74) is 0. The van der Waals surface area contributed by atoms with Crippen molar-refractivity contribution in [2.45, 2.75) is 19.4 Å². The van der Waals surface area contributed by atoms with Crippen LogP contribution in [0.5, 0.6) is 0 Å². The van der Waals surface area contributed by atoms with E-state index in [1.54, 1.807) is 7.05 Å². The molecule has 1 aromatic rings. The third-order valence-electron chi connectivity index (χ3n) is 3.70. The lowest BCUT2D eigenvalue weighted by Gasteiger charge is -2.32. The molecule has 0 saturated carbocycles. The van der Waals surface area contributed by atoms with Crippen LogP contribution >= 0.6 is 11.3 Å². The molecule has 114 valence electrons. The number of thiophene rings is 1. The van der Waals surface area contributed by atoms with E-state index in [-0.39, 0.29) is 0 Å². The molecule has 1 saturated heterocycles. The molecule has 2 N–H and O–H groups in total. The molecule has 0 amide bonds. The van der Waals surface area contributed by atoms with Gasteiger partial charge in [-0.15, -0.1) is 17.8 Å². The molecule has 2 rings (SSSR count). The van der Waals surface area contributed by atoms with E-state index in [9.17, 15) is 0 Å². The Kier molecular flexibility index (Phi) is 6.58. The van der Waals surface area contributed by atoms with E-state index in [4.69, 9.17) is 6.42 Å². The standard InChI is InChI=1S/C16H24N4S/c1-3-8-18-16(17-2)19-11-14-6-4-9-20(12-14)13-15-7-5-10-21-15/h1,5,7,10,14H,4,6,8-9,11-13H2,2H3,(H2,17,18,19). The second-order valence-corrected chi connectivity index (χ2v) is 6.37. The number of rotatable bonds is 5. The van der Waals surface area contributed by atoms with Gasteiger partial charge in [-0.25, -0.2) is 0 Å². The monoisotopic (exact) mass is 304 g/mol. The minimum atomic E-state index is 0.509. The van der Waals surface area contributed by atoms with Gasteiger partial charge in [-0.2, -0.15) is 0 Å². The van der Waals surface area contributed by atoms with Crippen molar-refractivity contribution in [2.75, 3.05) is 33.2 Å². The third kappa shape index (κ3) is 5.41. The second-order valence-electron chi connectivity index (χ2n) is 5.33. The molecule has 0 spiro atoms. The molecule has 2 heterocycles. The minimum absolute atomic E-state index is 0.509. The Balaban J connectivity index is 1.74. The van der Waals surface area contributed by atoms with Crippen LogP contribution < -0.4 is 10.6 Å². The van der Waals surface area contributed by atoms with Crippen LogP contribution in [0, 0.1) is 18.3 Å². The number of nitrogens with zero attached hydrogens (tertiary/aromatic N) is 2. The topological polar surface area (TPSA) is 39.7 Å². The van der Waals surface area contributed by atoms with Crippen molar-refractivity contribution < 1.29 is 0 Å². The van der Waals surface area contributed by atoms with Crippen LogP contribution in [0.2, 0.25) is 0 Å². The van der Waals surface area contributed by atoms with Gasteiger partial charge in [-0.05, 0) is 36.8 Å². The summed E-state index contributed by atoms with van der Waals surface area (Å²) in [4.78, 5) is 8.19. The largest absolute Gasteiger partial charge is 0.356 e. The normalized spacial score (nSPS) is 20.0. The molecule has 1 unspecified atom stereocenters. The summed E-state index contributed by atoms with van der Waals surface area (Å²) in [6, 6.07) is 4.35. The van der Waals surface area contributed by atoms with Gasteiger partial charge < -0.3 is 10.6 Å². The Bertz CT molecular complexity index is 475. The maximum atomic E-state index is 5.25. The summed E-state index contributed by atoms with van der Waals surface area (Å²) < 4.78 is 0. The van der Waals surface area contributed by atoms with Gasteiger partial charge in [0.2, 0.25) is 0 Å². The molecule has 21 heavy (non-hydrogen) atoms. The van der Waals surface area contributed by atoms with Gasteiger partial charge in [-0.3, -0.25) is 9.89 Å². The molecule has 1 fully saturated rings. The van der Waals surface area contributed by atoms with E-state index in [2.05, 4.69) is 44.0 Å². The maximum absolute atomic E-state index is 5.25. The zero-order valence-electron chi connectivity index (χ0n) is 12.6. The van der Waals surface area contributed by atoms with Crippen molar-refractivity contribution in [2.24, 2.45) is 10.9 Å². The molecule has 0 aromatic carbocycles. The van der Waals surface area contributed by atoms with Crippen molar-refractivity contribution in [3.63, 3.8) is 0 Å². The number of piperidine rings is 1. The summed E-state index contributed by atoms with van der Waals surface area (Å²) in [6.07, 6.45) is 7.80. The number of hydrogen-bond donors (Lipinski definition) is 2. The predicted octanol–water partition coefficient (Wildman–Crippen LogP) is 1.76. The van der Waals surface area contributed by atoms with Gasteiger partial charge in [0.15, 0.2) is 5.96 Å². The Labute approximate surface area is 131 Å². The van der Waals surface area contributed by atoms with Crippen molar-refractivity contribution in [3.05, 3.63) is 22.4 Å². The van der Waals surface area contributed by atoms with Crippen molar-refractivity contribution in [3.8, 4) is 12.3 Å². The number of likely N-dealkylation sites (tertiary alicyclic amines) is 1. The zero-order chi connectivity index (χ0) is 14.9. The summed E-state index contributed by atoms with van der Waals surface area (Å²) in [5, 5.41) is 8.62. The molecule has 0 aliphatic carbocycles. The van der Waals surface area contributed by atoms with Crippen LogP contribution in [0.15, 0.2) is 22.5 Å². The average Bonchev–Trinajstić information content (AvgIpc) is 3.01. The molecular formula is C16H24N4S. The number of terminal acetylenes is 1. The van der Waals surface area contributed by atoms with E-state index >= 15 is 0 Å². The fourth-order valence-electron chi connectivity index (χ4n) is 2.68. The molecular weight excluding hydrogens is 280 g/mol. The van der Waals surface area contributed by atoms with Crippen LogP contribution in [-0.2, 0) is 6.54 Å². The predicted molar refractivity (Wildman–Crippen MR) is 90.5 cm³/mol. The highest BCUT2D eigenvalue weighted by atomic mass is 32.1. The van der Waals surface area contributed by atoms with Crippen molar-refractivity contribution >= 4 is 17.3 Å². The minimum Gasteiger partial charge on any atom is -0.356 e. The zero-order valence-corrected chi connectivity index (χ0v) is 13.5. The summed E-state index contributed by atoms with van der Waals surface area (Å²) in [6.45, 7) is 4.90. The van der Waals surface area contributed by atoms with Crippen LogP contribution in [0.3, 0.4) is 0 Å². The van der Waals surface area contributed by atoms with E-state index < -0.39 is 0 Å². The SMILES string of the molecule is C#CCNC(=NC)NCC1CCCN(Cc2cccs2)C1. The number of nitrogens with one attached hydrogen (secondary N) is 2. The molecule has 0 bridgehead atoms. The lowest BCUT2D eigenvalue weighted by atomic mass is 9.98. The Morgan fingerprint density at radius 3 is 3.19 bits per heavy atom. The van der Waals surface area contributed by atoms with Gasteiger partial charge in [0.05, 0.1) is 6.54 Å². The van der Waals surface area contributed by atoms with Gasteiger partial charge >= 0.3 is 0 Å². The fourth-order valence-corrected chi connectivity index (χ4v) is 3.43. The van der Waals surface area contributed by atoms with Crippen LogP contribution in [0.25, 0.3) is 0 Å². The molecule has 1 aliphatic heterocycles. The number of hydrogen-bond acceptors (Lipinski definition) is 3. The van der Waals surface area contributed by atoms with Crippen LogP contribution in [-0.4, -0.2) is 44.1 Å². The van der Waals surface area contributed by atoms with Crippen LogP contribution in [0.1, 0.15) is 17.7 Å². The first-order chi connectivity index (χ1) is 10.3. The number of guanidine groups is 1. The fraction of sp³-hybridized carbons (Fsp3) is 0.562. The quantitative estimate of drug-likeness (QED) is 0.495. The first-order valence-corrected chi connectivity index (χ1v) is 8.32. The van der Waals surface area contributed by atoms with E-state index in [1.807, 2.05) is 11.3 Å². The first-order valence-electron chi connectivity index (χ1n) is 7.44. The lowest BCUT2D eigenvalue weighted by Crippen LogP contribution is -2.44. The van der Waals surface area contributed by atoms with E-state index in [0.717, 1.165) is 25.6 Å². The highest BCUT2D eigenvalue weighted by Crippen LogP contribution is 2.19. The number of aliphatic imine (C=N–C) groups is 1. The average molecular weight is 304 g/mol. The Morgan fingerprint density at radius 1 is 1.57 bits per heavy atom. The van der Waals surface area contributed by atoms with Crippen molar-refractivity contribution in [1.29, 1.82) is 0 Å². The van der Waals surface area contributed by atoms with Gasteiger partial charge in [0, 0.05) is 31.6 Å². The summed E-state index contributed by atoms with van der Waals surface area (Å²) in [5.74, 6) is 4.03. The first kappa shape index (κ1) is 15.9. The third-order valence-corrected chi connectivity index (χ3v) is 4.56.